The lowest BCUT2D eigenvalue weighted by Crippen LogP contribution is -2.37. The second-order valence-electron chi connectivity index (χ2n) is 7.72. The third kappa shape index (κ3) is 3.87. The molecule has 1 amide bonds. The first kappa shape index (κ1) is 21.6. The van der Waals surface area contributed by atoms with Crippen molar-refractivity contribution in [2.45, 2.75) is 26.2 Å². The largest absolute Gasteiger partial charge is 0.332 e. The van der Waals surface area contributed by atoms with Crippen molar-refractivity contribution in [2.75, 3.05) is 5.32 Å². The minimum Gasteiger partial charge on any atom is -0.298 e. The normalized spacial score (nSPS) is 12.1. The van der Waals surface area contributed by atoms with Gasteiger partial charge in [0.05, 0.1) is 16.6 Å². The van der Waals surface area contributed by atoms with Gasteiger partial charge in [0.2, 0.25) is 0 Å². The molecule has 0 bridgehead atoms. The zero-order valence-electron chi connectivity index (χ0n) is 18.2. The Kier molecular flexibility index (Phi) is 5.75. The number of amides is 1. The highest BCUT2D eigenvalue weighted by Gasteiger charge is 2.15. The summed E-state index contributed by atoms with van der Waals surface area (Å²) in [7, 11) is 2.92. The third-order valence-corrected chi connectivity index (χ3v) is 6.43. The summed E-state index contributed by atoms with van der Waals surface area (Å²) < 4.78 is 2.27. The molecule has 0 spiro atoms. The van der Waals surface area contributed by atoms with Gasteiger partial charge in [-0.3, -0.25) is 24.0 Å². The molecule has 8 nitrogen and oxygen atoms in total. The van der Waals surface area contributed by atoms with Crippen LogP contribution in [0.15, 0.2) is 51.5 Å². The number of aryl methyl sites for hydroxylation is 1. The molecule has 0 radical (unpaired) electrons. The number of fused-ring (bicyclic) bond motifs is 1. The van der Waals surface area contributed by atoms with Crippen molar-refractivity contribution in [1.82, 2.24) is 19.1 Å². The van der Waals surface area contributed by atoms with Crippen LogP contribution >= 0.6 is 11.3 Å². The number of aromatic nitrogens is 4. The van der Waals surface area contributed by atoms with Crippen molar-refractivity contribution in [2.24, 2.45) is 14.1 Å². The van der Waals surface area contributed by atoms with Crippen molar-refractivity contribution in [3.8, 4) is 11.3 Å². The van der Waals surface area contributed by atoms with E-state index in [9.17, 15) is 14.4 Å². The average molecular weight is 450 g/mol. The van der Waals surface area contributed by atoms with Gasteiger partial charge < -0.3 is 0 Å². The number of nitrogens with zero attached hydrogens (tertiary/aromatic N) is 4. The maximum absolute atomic E-state index is 12.7. The molecule has 0 aliphatic carbocycles. The Morgan fingerprint density at radius 1 is 1.16 bits per heavy atom. The molecule has 4 rings (SSSR count). The number of nitrogens with one attached hydrogen (secondary N) is 1. The Morgan fingerprint density at radius 2 is 1.88 bits per heavy atom. The van der Waals surface area contributed by atoms with Crippen molar-refractivity contribution >= 4 is 33.4 Å². The molecule has 9 heteroatoms. The first-order chi connectivity index (χ1) is 15.3. The van der Waals surface area contributed by atoms with Crippen LogP contribution in [0.2, 0.25) is 0 Å². The van der Waals surface area contributed by atoms with E-state index in [2.05, 4.69) is 41.3 Å². The van der Waals surface area contributed by atoms with Gasteiger partial charge in [-0.25, -0.2) is 14.8 Å². The number of hydrogen-bond donors (Lipinski definition) is 1. The van der Waals surface area contributed by atoms with Crippen LogP contribution in [-0.4, -0.2) is 25.0 Å². The lowest BCUT2D eigenvalue weighted by atomic mass is 9.97. The van der Waals surface area contributed by atoms with Gasteiger partial charge in [-0.15, -0.1) is 11.3 Å². The maximum atomic E-state index is 12.7. The van der Waals surface area contributed by atoms with Crippen LogP contribution in [-0.2, 0) is 14.1 Å². The number of rotatable bonds is 5. The van der Waals surface area contributed by atoms with Crippen LogP contribution in [0.5, 0.6) is 0 Å². The summed E-state index contributed by atoms with van der Waals surface area (Å²) in [6, 6.07) is 9.73. The molecule has 1 N–H and O–H groups in total. The highest BCUT2D eigenvalue weighted by Crippen LogP contribution is 2.27. The van der Waals surface area contributed by atoms with E-state index in [1.54, 1.807) is 0 Å². The zero-order valence-corrected chi connectivity index (χ0v) is 19.1. The predicted molar refractivity (Wildman–Crippen MR) is 126 cm³/mol. The van der Waals surface area contributed by atoms with E-state index in [4.69, 9.17) is 0 Å². The summed E-state index contributed by atoms with van der Waals surface area (Å²) in [6.45, 7) is 4.36. The van der Waals surface area contributed by atoms with E-state index in [0.29, 0.717) is 11.0 Å². The molecule has 4 aromatic rings. The van der Waals surface area contributed by atoms with Crippen molar-refractivity contribution in [3.63, 3.8) is 0 Å². The fourth-order valence-corrected chi connectivity index (χ4v) is 4.16. The Balaban J connectivity index is 1.57. The van der Waals surface area contributed by atoms with Crippen LogP contribution in [0.4, 0.5) is 5.13 Å². The molecule has 0 aliphatic heterocycles. The molecule has 1 atom stereocenters. The second-order valence-corrected chi connectivity index (χ2v) is 8.58. The molecule has 0 saturated heterocycles. The van der Waals surface area contributed by atoms with Gasteiger partial charge in [0.25, 0.3) is 11.5 Å². The molecule has 1 aromatic carbocycles. The molecule has 0 aliphatic rings. The molecule has 0 fully saturated rings. The van der Waals surface area contributed by atoms with E-state index in [0.717, 1.165) is 22.2 Å². The van der Waals surface area contributed by atoms with Crippen molar-refractivity contribution < 1.29 is 4.79 Å². The summed E-state index contributed by atoms with van der Waals surface area (Å²) in [4.78, 5) is 45.9. The molecule has 0 saturated carbocycles. The molecule has 0 unspecified atom stereocenters. The maximum Gasteiger partial charge on any atom is 0.332 e. The minimum absolute atomic E-state index is 0.198. The van der Waals surface area contributed by atoms with Gasteiger partial charge in [0.15, 0.2) is 5.13 Å². The first-order valence-corrected chi connectivity index (χ1v) is 11.1. The summed E-state index contributed by atoms with van der Waals surface area (Å²) in [5.41, 5.74) is 2.51. The zero-order chi connectivity index (χ0) is 23.0. The monoisotopic (exact) mass is 449 g/mol. The van der Waals surface area contributed by atoms with Gasteiger partial charge in [-0.05, 0) is 24.0 Å². The predicted octanol–water partition coefficient (Wildman–Crippen LogP) is 3.52. The standard InChI is InChI=1S/C23H23N5O3S/c1-5-13(2)14-6-8-15(9-7-14)18-12-32-22(25-18)26-20(29)16-10-17-19(24-11-16)27(3)23(31)28(4)21(17)30/h6-13H,5H2,1-4H3,(H,25,26,29)/t13-/m0/s1. The smallest absolute Gasteiger partial charge is 0.298 e. The summed E-state index contributed by atoms with van der Waals surface area (Å²) in [5, 5.41) is 5.30. The van der Waals surface area contributed by atoms with E-state index in [-0.39, 0.29) is 16.6 Å². The van der Waals surface area contributed by atoms with Crippen LogP contribution in [0, 0.1) is 0 Å². The highest BCUT2D eigenvalue weighted by atomic mass is 32.1. The highest BCUT2D eigenvalue weighted by molar-refractivity contribution is 7.14. The van der Waals surface area contributed by atoms with Gasteiger partial charge in [0.1, 0.15) is 5.65 Å². The number of hydrogen-bond acceptors (Lipinski definition) is 6. The molecule has 3 aromatic heterocycles. The van der Waals surface area contributed by atoms with Crippen LogP contribution in [0.1, 0.15) is 42.1 Å². The number of anilines is 1. The fraction of sp³-hybridized carbons (Fsp3) is 0.261. The molecule has 32 heavy (non-hydrogen) atoms. The number of thiazole rings is 1. The van der Waals surface area contributed by atoms with E-state index >= 15 is 0 Å². The molecule has 164 valence electrons. The average Bonchev–Trinajstić information content (AvgIpc) is 3.28. The molecular formula is C23H23N5O3S. The topological polar surface area (TPSA) is 98.9 Å². The van der Waals surface area contributed by atoms with Crippen LogP contribution in [0.3, 0.4) is 0 Å². The van der Waals surface area contributed by atoms with Crippen molar-refractivity contribution in [1.29, 1.82) is 0 Å². The van der Waals surface area contributed by atoms with Crippen LogP contribution < -0.4 is 16.6 Å². The van der Waals surface area contributed by atoms with Gasteiger partial charge in [-0.1, -0.05) is 38.1 Å². The minimum atomic E-state index is -0.498. The second kappa shape index (κ2) is 8.51. The quantitative estimate of drug-likeness (QED) is 0.503. The Morgan fingerprint density at radius 3 is 2.56 bits per heavy atom. The SMILES string of the molecule is CC[C@H](C)c1ccc(-c2csc(NC(=O)c3cnc4c(c3)c(=O)n(C)c(=O)n4C)n2)cc1. The molecule has 3 heterocycles. The van der Waals surface area contributed by atoms with E-state index in [1.165, 1.54) is 47.8 Å². The van der Waals surface area contributed by atoms with Crippen LogP contribution in [0.25, 0.3) is 22.3 Å². The number of carbonyl (C=O) groups is 1. The number of pyridine rings is 1. The van der Waals surface area contributed by atoms with Gasteiger partial charge >= 0.3 is 5.69 Å². The number of carbonyl (C=O) groups excluding carboxylic acids is 1. The first-order valence-electron chi connectivity index (χ1n) is 10.2. The number of benzene rings is 1. The molecular weight excluding hydrogens is 426 g/mol. The van der Waals surface area contributed by atoms with Crippen molar-refractivity contribution in [3.05, 3.63) is 73.9 Å². The summed E-state index contributed by atoms with van der Waals surface area (Å²) in [5.74, 6) is 0.0764. The van der Waals surface area contributed by atoms with Gasteiger partial charge in [0, 0.05) is 31.2 Å². The Labute approximate surface area is 188 Å². The van der Waals surface area contributed by atoms with E-state index < -0.39 is 17.2 Å². The lowest BCUT2D eigenvalue weighted by Gasteiger charge is -2.09. The van der Waals surface area contributed by atoms with E-state index in [1.807, 2.05) is 17.5 Å². The third-order valence-electron chi connectivity index (χ3n) is 5.67. The van der Waals surface area contributed by atoms with Gasteiger partial charge in [-0.2, -0.15) is 0 Å². The summed E-state index contributed by atoms with van der Waals surface area (Å²) >= 11 is 1.32. The lowest BCUT2D eigenvalue weighted by molar-refractivity contribution is 0.102. The summed E-state index contributed by atoms with van der Waals surface area (Å²) in [6.07, 6.45) is 2.43. The Bertz CT molecular complexity index is 1430. The Hall–Kier alpha value is -3.59. The fourth-order valence-electron chi connectivity index (χ4n) is 3.44.